The van der Waals surface area contributed by atoms with Gasteiger partial charge < -0.3 is 0 Å². The van der Waals surface area contributed by atoms with E-state index in [4.69, 9.17) is 0 Å². The van der Waals surface area contributed by atoms with Gasteiger partial charge >= 0.3 is 5.17 Å². The Balaban J connectivity index is 5.05. The average Bonchev–Trinajstić information content (AvgIpc) is 2.51. The van der Waals surface area contributed by atoms with Crippen LogP contribution in [0.3, 0.4) is 0 Å². The van der Waals surface area contributed by atoms with Gasteiger partial charge in [0.05, 0.1) is 26.2 Å². The van der Waals surface area contributed by atoms with Crippen LogP contribution in [0, 0.1) is 0 Å². The quantitative estimate of drug-likeness (QED) is 0.277. The smallest absolute Gasteiger partial charge is 0.256 e. The first kappa shape index (κ1) is 20.8. The molecule has 0 N–H and O–H groups in total. The number of hydrogen-bond acceptors (Lipinski definition) is 1. The van der Waals surface area contributed by atoms with Crippen LogP contribution in [0.25, 0.3) is 0 Å². The zero-order valence-electron chi connectivity index (χ0n) is 15.3. The number of thioether (sulfide) groups is 1. The van der Waals surface area contributed by atoms with Crippen LogP contribution >= 0.6 is 11.8 Å². The van der Waals surface area contributed by atoms with Crippen LogP contribution < -0.4 is 0 Å². The second kappa shape index (κ2) is 14.7. The summed E-state index contributed by atoms with van der Waals surface area (Å²) in [4.78, 5) is 2.66. The summed E-state index contributed by atoms with van der Waals surface area (Å²) in [6.45, 7) is 14.1. The predicted octanol–water partition coefficient (Wildman–Crippen LogP) is 5.22. The molecular weight excluding hydrogens is 276 g/mol. The van der Waals surface area contributed by atoms with Gasteiger partial charge in [-0.25, -0.2) is 0 Å². The van der Waals surface area contributed by atoms with Crippen LogP contribution in [0.4, 0.5) is 0 Å². The molecule has 126 valence electrons. The van der Waals surface area contributed by atoms with Crippen LogP contribution in [-0.4, -0.2) is 47.1 Å². The van der Waals surface area contributed by atoms with E-state index < -0.39 is 0 Å². The normalized spacial score (nSPS) is 10.7. The van der Waals surface area contributed by atoms with Gasteiger partial charge in [-0.05, 0) is 43.7 Å². The number of nitrogens with zero attached hydrogens (tertiary/aromatic N) is 2. The third kappa shape index (κ3) is 9.44. The summed E-state index contributed by atoms with van der Waals surface area (Å²) < 4.78 is 2.66. The van der Waals surface area contributed by atoms with E-state index in [1.54, 1.807) is 0 Å². The maximum absolute atomic E-state index is 2.66. The van der Waals surface area contributed by atoms with E-state index in [9.17, 15) is 0 Å². The Morgan fingerprint density at radius 3 is 1.52 bits per heavy atom. The molecule has 3 heteroatoms. The fourth-order valence-corrected chi connectivity index (χ4v) is 3.34. The fraction of sp³-hybridized carbons (Fsp3) is 0.944. The van der Waals surface area contributed by atoms with Crippen molar-refractivity contribution in [2.45, 2.75) is 79.1 Å². The highest BCUT2D eigenvalue weighted by Gasteiger charge is 2.21. The van der Waals surface area contributed by atoms with Gasteiger partial charge in [-0.15, -0.1) is 0 Å². The van der Waals surface area contributed by atoms with Crippen LogP contribution in [0.5, 0.6) is 0 Å². The standard InChI is InChI=1S/C18H39N2S/c1-6-10-14-19(15-11-7-2)18(21-5)20(16-12-8-3)17-13-9-4/h6-17H2,1-5H3/q+1. The summed E-state index contributed by atoms with van der Waals surface area (Å²) in [5.41, 5.74) is 0. The Hall–Kier alpha value is -0.180. The minimum atomic E-state index is 1.22. The van der Waals surface area contributed by atoms with Crippen LogP contribution in [0.15, 0.2) is 0 Å². The molecular formula is C18H39N2S+. The van der Waals surface area contributed by atoms with Crippen molar-refractivity contribution in [1.29, 1.82) is 0 Å². The van der Waals surface area contributed by atoms with Crippen molar-refractivity contribution in [1.82, 2.24) is 4.90 Å². The molecule has 0 unspecified atom stereocenters. The molecule has 0 aromatic carbocycles. The molecule has 0 saturated carbocycles. The minimum absolute atomic E-state index is 1.22. The number of unbranched alkanes of at least 4 members (excludes halogenated alkanes) is 4. The molecule has 0 saturated heterocycles. The Morgan fingerprint density at radius 2 is 1.19 bits per heavy atom. The van der Waals surface area contributed by atoms with Crippen LogP contribution in [0.1, 0.15) is 79.1 Å². The fourth-order valence-electron chi connectivity index (χ4n) is 2.46. The Labute approximate surface area is 138 Å². The molecule has 0 fully saturated rings. The van der Waals surface area contributed by atoms with Gasteiger partial charge in [-0.2, -0.15) is 0 Å². The third-order valence-corrected chi connectivity index (χ3v) is 4.73. The summed E-state index contributed by atoms with van der Waals surface area (Å²) in [5, 5.41) is 1.53. The molecule has 0 radical (unpaired) electrons. The van der Waals surface area contributed by atoms with Gasteiger partial charge in [0.25, 0.3) is 0 Å². The number of rotatable bonds is 12. The van der Waals surface area contributed by atoms with Crippen LogP contribution in [0.2, 0.25) is 0 Å². The molecule has 2 nitrogen and oxygen atoms in total. The van der Waals surface area contributed by atoms with E-state index in [-0.39, 0.29) is 0 Å². The van der Waals surface area contributed by atoms with Gasteiger partial charge in [0.1, 0.15) is 0 Å². The lowest BCUT2D eigenvalue weighted by Crippen LogP contribution is -2.38. The summed E-state index contributed by atoms with van der Waals surface area (Å²) in [6.07, 6.45) is 12.6. The monoisotopic (exact) mass is 315 g/mol. The van der Waals surface area contributed by atoms with Crippen molar-refractivity contribution in [3.63, 3.8) is 0 Å². The van der Waals surface area contributed by atoms with Gasteiger partial charge in [0, 0.05) is 0 Å². The van der Waals surface area contributed by atoms with Gasteiger partial charge in [0.15, 0.2) is 0 Å². The molecule has 0 aromatic rings. The van der Waals surface area contributed by atoms with Crippen molar-refractivity contribution < 1.29 is 4.58 Å². The van der Waals surface area contributed by atoms with Crippen molar-refractivity contribution in [3.05, 3.63) is 0 Å². The molecule has 0 spiro atoms. The molecule has 0 aromatic heterocycles. The first-order valence-electron chi connectivity index (χ1n) is 9.15. The van der Waals surface area contributed by atoms with Crippen LogP contribution in [-0.2, 0) is 0 Å². The molecule has 21 heavy (non-hydrogen) atoms. The largest absolute Gasteiger partial charge is 0.308 e. The highest BCUT2D eigenvalue weighted by molar-refractivity contribution is 8.12. The van der Waals surface area contributed by atoms with E-state index in [2.05, 4.69) is 43.4 Å². The van der Waals surface area contributed by atoms with Crippen molar-refractivity contribution in [3.8, 4) is 0 Å². The summed E-state index contributed by atoms with van der Waals surface area (Å²) in [7, 11) is 0. The first-order valence-corrected chi connectivity index (χ1v) is 10.4. The lowest BCUT2D eigenvalue weighted by molar-refractivity contribution is -0.530. The lowest BCUT2D eigenvalue weighted by Gasteiger charge is -2.22. The topological polar surface area (TPSA) is 6.25 Å². The molecule has 0 rings (SSSR count). The Bertz CT molecular complexity index is 246. The third-order valence-electron chi connectivity index (χ3n) is 3.85. The molecule has 0 bridgehead atoms. The van der Waals surface area contributed by atoms with Gasteiger partial charge in [-0.1, -0.05) is 53.4 Å². The minimum Gasteiger partial charge on any atom is -0.256 e. The van der Waals surface area contributed by atoms with Crippen molar-refractivity contribution >= 4 is 16.9 Å². The number of amidine groups is 1. The van der Waals surface area contributed by atoms with Gasteiger partial charge in [0.2, 0.25) is 0 Å². The summed E-state index contributed by atoms with van der Waals surface area (Å²) >= 11 is 1.96. The zero-order valence-corrected chi connectivity index (χ0v) is 16.1. The molecule has 0 heterocycles. The maximum Gasteiger partial charge on any atom is 0.308 e. The highest BCUT2D eigenvalue weighted by Crippen LogP contribution is 2.11. The first-order chi connectivity index (χ1) is 10.2. The lowest BCUT2D eigenvalue weighted by atomic mass is 10.2. The van der Waals surface area contributed by atoms with E-state index in [1.807, 2.05) is 11.8 Å². The van der Waals surface area contributed by atoms with Gasteiger partial charge in [-0.3, -0.25) is 9.48 Å². The second-order valence-corrected chi connectivity index (χ2v) is 6.65. The van der Waals surface area contributed by atoms with E-state index in [0.29, 0.717) is 0 Å². The van der Waals surface area contributed by atoms with E-state index in [0.717, 1.165) is 0 Å². The molecule has 0 amide bonds. The van der Waals surface area contributed by atoms with E-state index in [1.165, 1.54) is 82.7 Å². The predicted molar refractivity (Wildman–Crippen MR) is 99.7 cm³/mol. The molecule has 0 atom stereocenters. The second-order valence-electron chi connectivity index (χ2n) is 5.88. The van der Waals surface area contributed by atoms with Crippen molar-refractivity contribution in [2.24, 2.45) is 0 Å². The zero-order chi connectivity index (χ0) is 15.9. The highest BCUT2D eigenvalue weighted by atomic mass is 32.2. The van der Waals surface area contributed by atoms with Crippen molar-refractivity contribution in [2.75, 3.05) is 32.4 Å². The molecule has 0 aliphatic carbocycles. The summed E-state index contributed by atoms with van der Waals surface area (Å²) in [6, 6.07) is 0. The Kier molecular flexibility index (Phi) is 14.6. The molecule has 0 aliphatic rings. The summed E-state index contributed by atoms with van der Waals surface area (Å²) in [5.74, 6) is 0. The van der Waals surface area contributed by atoms with E-state index >= 15 is 0 Å². The SMILES string of the molecule is CCCCN(CCCC)C(SC)=[N+](CCCC)CCCC. The maximum atomic E-state index is 2.66. The molecule has 0 aliphatic heterocycles. The average molecular weight is 316 g/mol. The Morgan fingerprint density at radius 1 is 0.762 bits per heavy atom. The number of hydrogen-bond donors (Lipinski definition) is 0.